The fourth-order valence-electron chi connectivity index (χ4n) is 1.38. The molecule has 0 radical (unpaired) electrons. The summed E-state index contributed by atoms with van der Waals surface area (Å²) in [5, 5.41) is 0.358. The second-order valence-corrected chi connectivity index (χ2v) is 6.33. The predicted octanol–water partition coefficient (Wildman–Crippen LogP) is 2.00. The van der Waals surface area contributed by atoms with E-state index in [9.17, 15) is 8.42 Å². The minimum Gasteiger partial charge on any atom is -0.217 e. The van der Waals surface area contributed by atoms with E-state index in [0.717, 1.165) is 8.28 Å². The molecule has 2 rings (SSSR count). The molecule has 2 aromatic rings. The Kier molecular flexibility index (Phi) is 3.07. The molecule has 0 aliphatic rings. The molecule has 92 valence electrons. The molecular weight excluding hydrogens is 285 g/mol. The number of halogens is 2. The third kappa shape index (κ3) is 2.01. The maximum absolute atomic E-state index is 12.0. The smallest absolute Gasteiger partial charge is 0.217 e. The van der Waals surface area contributed by atoms with Crippen molar-refractivity contribution in [1.29, 1.82) is 0 Å². The molecule has 0 N–H and O–H groups in total. The molecule has 1 heterocycles. The van der Waals surface area contributed by atoms with Crippen LogP contribution in [0.1, 0.15) is 0 Å². The highest BCUT2D eigenvalue weighted by Gasteiger charge is 2.23. The van der Waals surface area contributed by atoms with Crippen molar-refractivity contribution in [2.24, 2.45) is 0 Å². The monoisotopic (exact) mass is 293 g/mol. The number of rotatable bonds is 2. The second-order valence-electron chi connectivity index (χ2n) is 3.57. The van der Waals surface area contributed by atoms with Gasteiger partial charge >= 0.3 is 10.2 Å². The highest BCUT2D eigenvalue weighted by atomic mass is 35.5. The molecule has 0 unspecified atom stereocenters. The lowest BCUT2D eigenvalue weighted by Gasteiger charge is -2.13. The lowest BCUT2D eigenvalue weighted by atomic mass is 10.3. The Bertz CT molecular complexity index is 679. The summed E-state index contributed by atoms with van der Waals surface area (Å²) >= 11 is 11.7. The molecule has 0 atom stereocenters. The van der Waals surface area contributed by atoms with Crippen LogP contribution in [0.4, 0.5) is 0 Å². The molecule has 17 heavy (non-hydrogen) atoms. The number of fused-ring (bicyclic) bond motifs is 1. The summed E-state index contributed by atoms with van der Waals surface area (Å²) in [5.41, 5.74) is 0.834. The van der Waals surface area contributed by atoms with E-state index < -0.39 is 10.2 Å². The predicted molar refractivity (Wildman–Crippen MR) is 67.8 cm³/mol. The van der Waals surface area contributed by atoms with Crippen molar-refractivity contribution in [3.8, 4) is 0 Å². The Labute approximate surface area is 109 Å². The molecule has 5 nitrogen and oxygen atoms in total. The van der Waals surface area contributed by atoms with Crippen molar-refractivity contribution >= 4 is 44.4 Å². The van der Waals surface area contributed by atoms with E-state index in [0.29, 0.717) is 16.1 Å². The quantitative estimate of drug-likeness (QED) is 0.851. The van der Waals surface area contributed by atoms with Gasteiger partial charge in [0.05, 0.1) is 11.0 Å². The van der Waals surface area contributed by atoms with Crippen molar-refractivity contribution in [1.82, 2.24) is 13.3 Å². The van der Waals surface area contributed by atoms with Crippen LogP contribution < -0.4 is 0 Å². The maximum Gasteiger partial charge on any atom is 0.309 e. The Morgan fingerprint density at radius 2 is 1.94 bits per heavy atom. The van der Waals surface area contributed by atoms with Gasteiger partial charge in [-0.05, 0) is 29.8 Å². The van der Waals surface area contributed by atoms with Gasteiger partial charge in [-0.15, -0.1) is 0 Å². The van der Waals surface area contributed by atoms with E-state index in [1.165, 1.54) is 14.1 Å². The minimum absolute atomic E-state index is 0.115. The summed E-state index contributed by atoms with van der Waals surface area (Å²) in [5.74, 6) is 0. The van der Waals surface area contributed by atoms with Gasteiger partial charge in [-0.1, -0.05) is 11.6 Å². The first kappa shape index (κ1) is 12.6. The van der Waals surface area contributed by atoms with Gasteiger partial charge < -0.3 is 0 Å². The second kappa shape index (κ2) is 4.13. The zero-order valence-electron chi connectivity index (χ0n) is 9.05. The van der Waals surface area contributed by atoms with Crippen molar-refractivity contribution in [2.45, 2.75) is 0 Å². The molecule has 0 bridgehead atoms. The number of hydrogen-bond donors (Lipinski definition) is 0. The Morgan fingerprint density at radius 3 is 2.53 bits per heavy atom. The van der Waals surface area contributed by atoms with Crippen LogP contribution in [0, 0.1) is 0 Å². The van der Waals surface area contributed by atoms with Crippen LogP contribution in [0.25, 0.3) is 11.0 Å². The summed E-state index contributed by atoms with van der Waals surface area (Å²) in [7, 11) is -0.843. The van der Waals surface area contributed by atoms with Crippen molar-refractivity contribution < 1.29 is 8.42 Å². The van der Waals surface area contributed by atoms with Gasteiger partial charge in [0.2, 0.25) is 5.28 Å². The van der Waals surface area contributed by atoms with Crippen molar-refractivity contribution in [2.75, 3.05) is 14.1 Å². The zero-order chi connectivity index (χ0) is 12.8. The molecule has 0 fully saturated rings. The number of imidazole rings is 1. The van der Waals surface area contributed by atoms with Crippen molar-refractivity contribution in [3.63, 3.8) is 0 Å². The van der Waals surface area contributed by atoms with Gasteiger partial charge in [0.15, 0.2) is 0 Å². The molecule has 0 saturated heterocycles. The standard InChI is InChI=1S/C9H9Cl2N3O2S/c1-13(2)17(15,16)14-8-4-3-6(10)5-7(8)12-9(14)11/h3-5H,1-2H3. The molecule has 0 aliphatic carbocycles. The molecule has 1 aromatic heterocycles. The van der Waals surface area contributed by atoms with Crippen LogP contribution in [0.15, 0.2) is 18.2 Å². The fraction of sp³-hybridized carbons (Fsp3) is 0.222. The van der Waals surface area contributed by atoms with E-state index >= 15 is 0 Å². The van der Waals surface area contributed by atoms with Crippen molar-refractivity contribution in [3.05, 3.63) is 28.5 Å². The third-order valence-electron chi connectivity index (χ3n) is 2.23. The highest BCUT2D eigenvalue weighted by molar-refractivity contribution is 7.87. The first-order valence-corrected chi connectivity index (χ1v) is 6.76. The van der Waals surface area contributed by atoms with Gasteiger partial charge in [0.1, 0.15) is 0 Å². The summed E-state index contributed by atoms with van der Waals surface area (Å²) < 4.78 is 26.1. The average Bonchev–Trinajstić information content (AvgIpc) is 2.53. The van der Waals surface area contributed by atoms with Crippen LogP contribution in [0.2, 0.25) is 10.3 Å². The molecule has 0 spiro atoms. The molecule has 0 amide bonds. The molecule has 0 aliphatic heterocycles. The largest absolute Gasteiger partial charge is 0.309 e. The molecule has 8 heteroatoms. The number of aromatic nitrogens is 2. The molecular formula is C9H9Cl2N3O2S. The van der Waals surface area contributed by atoms with E-state index in [4.69, 9.17) is 23.2 Å². The first-order valence-electron chi connectivity index (χ1n) is 4.60. The summed E-state index contributed by atoms with van der Waals surface area (Å²) in [6.07, 6.45) is 0. The maximum atomic E-state index is 12.0. The average molecular weight is 294 g/mol. The topological polar surface area (TPSA) is 55.2 Å². The van der Waals surface area contributed by atoms with E-state index in [2.05, 4.69) is 4.98 Å². The van der Waals surface area contributed by atoms with E-state index in [1.54, 1.807) is 18.2 Å². The van der Waals surface area contributed by atoms with Gasteiger partial charge in [-0.3, -0.25) is 0 Å². The lowest BCUT2D eigenvalue weighted by molar-refractivity contribution is 0.512. The number of benzene rings is 1. The van der Waals surface area contributed by atoms with Crippen LogP contribution in [0.3, 0.4) is 0 Å². The third-order valence-corrected chi connectivity index (χ3v) is 4.57. The molecule has 1 aromatic carbocycles. The number of nitrogens with zero attached hydrogens (tertiary/aromatic N) is 3. The Balaban J connectivity index is 2.83. The van der Waals surface area contributed by atoms with Gasteiger partial charge in [0.25, 0.3) is 0 Å². The van der Waals surface area contributed by atoms with Crippen LogP contribution in [-0.4, -0.2) is 35.8 Å². The normalized spacial score (nSPS) is 12.5. The number of hydrogen-bond acceptors (Lipinski definition) is 3. The lowest BCUT2D eigenvalue weighted by Crippen LogP contribution is -2.28. The van der Waals surface area contributed by atoms with Gasteiger partial charge in [-0.25, -0.2) is 4.98 Å². The summed E-state index contributed by atoms with van der Waals surface area (Å²) in [6, 6.07) is 4.71. The molecule has 0 saturated carbocycles. The SMILES string of the molecule is CN(C)S(=O)(=O)n1c(Cl)nc2cc(Cl)ccc21. The van der Waals surface area contributed by atoms with E-state index in [-0.39, 0.29) is 5.28 Å². The van der Waals surface area contributed by atoms with Crippen LogP contribution in [-0.2, 0) is 10.2 Å². The highest BCUT2D eigenvalue weighted by Crippen LogP contribution is 2.25. The first-order chi connectivity index (χ1) is 7.84. The van der Waals surface area contributed by atoms with E-state index in [1.807, 2.05) is 0 Å². The van der Waals surface area contributed by atoms with Gasteiger partial charge in [0, 0.05) is 19.1 Å². The zero-order valence-corrected chi connectivity index (χ0v) is 11.4. The minimum atomic E-state index is -3.69. The van der Waals surface area contributed by atoms with Gasteiger partial charge in [-0.2, -0.15) is 16.7 Å². The Morgan fingerprint density at radius 1 is 1.29 bits per heavy atom. The van der Waals surface area contributed by atoms with Crippen LogP contribution >= 0.6 is 23.2 Å². The fourth-order valence-corrected chi connectivity index (χ4v) is 2.96. The summed E-state index contributed by atoms with van der Waals surface area (Å²) in [4.78, 5) is 3.96. The van der Waals surface area contributed by atoms with Crippen LogP contribution in [0.5, 0.6) is 0 Å². The Hall–Kier alpha value is -0.820. The summed E-state index contributed by atoms with van der Waals surface area (Å²) in [6.45, 7) is 0.